The van der Waals surface area contributed by atoms with E-state index in [0.717, 1.165) is 12.0 Å². The van der Waals surface area contributed by atoms with E-state index in [0.29, 0.717) is 6.54 Å². The van der Waals surface area contributed by atoms with Crippen molar-refractivity contribution in [3.63, 3.8) is 0 Å². The molecule has 4 heteroatoms. The Balaban J connectivity index is 1.54. The van der Waals surface area contributed by atoms with Crippen molar-refractivity contribution in [1.82, 2.24) is 5.32 Å². The van der Waals surface area contributed by atoms with Crippen LogP contribution in [0.15, 0.2) is 96.6 Å². The van der Waals surface area contributed by atoms with Gasteiger partial charge in [0.2, 0.25) is 0 Å². The van der Waals surface area contributed by atoms with Crippen LogP contribution >= 0.6 is 0 Å². The molecule has 1 aliphatic rings. The summed E-state index contributed by atoms with van der Waals surface area (Å²) in [5.74, 6) is 0. The van der Waals surface area contributed by atoms with Gasteiger partial charge >= 0.3 is 0 Å². The Hall–Kier alpha value is -2.76. The quantitative estimate of drug-likeness (QED) is 0.491. The van der Waals surface area contributed by atoms with E-state index in [9.17, 15) is 10.2 Å². The Kier molecular flexibility index (Phi) is 6.41. The average molecular weight is 401 g/mol. The first-order valence-corrected chi connectivity index (χ1v) is 10.4. The lowest BCUT2D eigenvalue weighted by Gasteiger charge is -2.25. The largest absolute Gasteiger partial charge is 0.387 e. The molecule has 0 heterocycles. The van der Waals surface area contributed by atoms with Gasteiger partial charge in [0.25, 0.3) is 0 Å². The molecular weight excluding hydrogens is 372 g/mol. The second-order valence-corrected chi connectivity index (χ2v) is 7.87. The highest BCUT2D eigenvalue weighted by atomic mass is 16.3. The molecule has 0 bridgehead atoms. The fourth-order valence-electron chi connectivity index (χ4n) is 3.89. The summed E-state index contributed by atoms with van der Waals surface area (Å²) in [6, 6.07) is 24.8. The van der Waals surface area contributed by atoms with Crippen molar-refractivity contribution in [1.29, 1.82) is 0 Å². The third kappa shape index (κ3) is 4.86. The van der Waals surface area contributed by atoms with Gasteiger partial charge in [-0.25, -0.2) is 0 Å². The number of hydrogen-bond donors (Lipinski definition) is 4. The van der Waals surface area contributed by atoms with Gasteiger partial charge in [0, 0.05) is 12.6 Å². The van der Waals surface area contributed by atoms with Crippen molar-refractivity contribution < 1.29 is 10.2 Å². The van der Waals surface area contributed by atoms with Gasteiger partial charge in [-0.3, -0.25) is 0 Å². The van der Waals surface area contributed by atoms with Gasteiger partial charge in [0.05, 0.1) is 18.2 Å². The summed E-state index contributed by atoms with van der Waals surface area (Å²) in [6.45, 7) is 0.392. The molecule has 0 aliphatic heterocycles. The third-order valence-corrected chi connectivity index (χ3v) is 5.67. The summed E-state index contributed by atoms with van der Waals surface area (Å²) in [7, 11) is 0. The van der Waals surface area contributed by atoms with Crippen LogP contribution in [0.2, 0.25) is 0 Å². The van der Waals surface area contributed by atoms with Crippen molar-refractivity contribution in [3.05, 3.63) is 108 Å². The maximum Gasteiger partial charge on any atom is 0.0912 e. The number of fused-ring (bicyclic) bond motifs is 1. The molecule has 0 amide bonds. The van der Waals surface area contributed by atoms with Crippen LogP contribution in [0, 0.1) is 0 Å². The molecule has 4 rings (SSSR count). The van der Waals surface area contributed by atoms with E-state index in [1.165, 1.54) is 21.9 Å². The van der Waals surface area contributed by atoms with E-state index in [-0.39, 0.29) is 6.04 Å². The first kappa shape index (κ1) is 20.5. The number of aliphatic hydroxyl groups excluding tert-OH is 2. The predicted octanol–water partition coefficient (Wildman–Crippen LogP) is 3.26. The van der Waals surface area contributed by atoms with Gasteiger partial charge in [-0.2, -0.15) is 0 Å². The lowest BCUT2D eigenvalue weighted by molar-refractivity contribution is 0.190. The normalized spacial score (nSPS) is 20.7. The topological polar surface area (TPSA) is 78.5 Å². The van der Waals surface area contributed by atoms with E-state index in [1.807, 2.05) is 24.3 Å². The molecule has 0 fully saturated rings. The molecule has 4 atom stereocenters. The molecule has 4 nitrogen and oxygen atoms in total. The monoisotopic (exact) mass is 400 g/mol. The summed E-state index contributed by atoms with van der Waals surface area (Å²) in [5, 5.41) is 26.4. The van der Waals surface area contributed by atoms with Gasteiger partial charge in [-0.15, -0.1) is 0 Å². The fraction of sp³-hybridized carbons (Fsp3) is 0.231. The maximum absolute atomic E-state index is 10.7. The highest BCUT2D eigenvalue weighted by Crippen LogP contribution is 2.24. The molecule has 0 aromatic heterocycles. The number of aliphatic hydroxyl groups is 2. The summed E-state index contributed by atoms with van der Waals surface area (Å²) in [6.07, 6.45) is 4.55. The molecule has 3 aromatic carbocycles. The van der Waals surface area contributed by atoms with Crippen LogP contribution < -0.4 is 11.1 Å². The van der Waals surface area contributed by atoms with Crippen molar-refractivity contribution in [2.75, 3.05) is 6.54 Å². The van der Waals surface area contributed by atoms with Gasteiger partial charge in [-0.05, 0) is 40.0 Å². The zero-order valence-electron chi connectivity index (χ0n) is 16.9. The van der Waals surface area contributed by atoms with Crippen LogP contribution in [0.5, 0.6) is 0 Å². The molecule has 0 spiro atoms. The van der Waals surface area contributed by atoms with E-state index in [1.54, 1.807) is 18.2 Å². The van der Waals surface area contributed by atoms with Crippen LogP contribution in [0.1, 0.15) is 17.2 Å². The Morgan fingerprint density at radius 1 is 0.933 bits per heavy atom. The summed E-state index contributed by atoms with van der Waals surface area (Å²) < 4.78 is 0. The SMILES string of the molecule is NC1C=C([C@@H](O)CN[C@@H](Cc2ccccc2)c2ccc3ccccc3c2)C=CC1O. The van der Waals surface area contributed by atoms with Crippen molar-refractivity contribution in [2.45, 2.75) is 30.7 Å². The Morgan fingerprint density at radius 2 is 1.67 bits per heavy atom. The second kappa shape index (κ2) is 9.37. The van der Waals surface area contributed by atoms with Gasteiger partial charge < -0.3 is 21.3 Å². The van der Waals surface area contributed by atoms with E-state index < -0.39 is 18.2 Å². The minimum atomic E-state index is -0.697. The molecule has 30 heavy (non-hydrogen) atoms. The van der Waals surface area contributed by atoms with Gasteiger partial charge in [0.15, 0.2) is 0 Å². The molecular formula is C26H28N2O2. The predicted molar refractivity (Wildman–Crippen MR) is 122 cm³/mol. The first-order valence-electron chi connectivity index (χ1n) is 10.4. The number of benzene rings is 3. The Bertz CT molecular complexity index is 1050. The fourth-order valence-corrected chi connectivity index (χ4v) is 3.89. The van der Waals surface area contributed by atoms with Crippen molar-refractivity contribution >= 4 is 10.8 Å². The number of hydrogen-bond acceptors (Lipinski definition) is 4. The Morgan fingerprint density at radius 3 is 2.43 bits per heavy atom. The third-order valence-electron chi connectivity index (χ3n) is 5.67. The zero-order chi connectivity index (χ0) is 20.9. The van der Waals surface area contributed by atoms with Crippen LogP contribution in [0.4, 0.5) is 0 Å². The second-order valence-electron chi connectivity index (χ2n) is 7.87. The molecule has 0 saturated heterocycles. The number of nitrogens with two attached hydrogens (primary N) is 1. The summed E-state index contributed by atoms with van der Waals surface area (Å²) >= 11 is 0. The molecule has 1 aliphatic carbocycles. The average Bonchev–Trinajstić information content (AvgIpc) is 2.78. The molecule has 3 aromatic rings. The maximum atomic E-state index is 10.7. The van der Waals surface area contributed by atoms with Crippen LogP contribution in [-0.2, 0) is 6.42 Å². The molecule has 0 radical (unpaired) electrons. The number of nitrogens with one attached hydrogen (secondary N) is 1. The van der Waals surface area contributed by atoms with Crippen molar-refractivity contribution in [2.24, 2.45) is 5.73 Å². The van der Waals surface area contributed by atoms with Crippen molar-refractivity contribution in [3.8, 4) is 0 Å². The van der Waals surface area contributed by atoms with E-state index >= 15 is 0 Å². The van der Waals surface area contributed by atoms with Crippen LogP contribution in [-0.4, -0.2) is 35.0 Å². The summed E-state index contributed by atoms with van der Waals surface area (Å²) in [4.78, 5) is 0. The standard InChI is InChI=1S/C26H28N2O2/c27-23-16-22(12-13-25(23)29)26(30)17-28-24(14-18-6-2-1-3-7-18)21-11-10-19-8-4-5-9-20(19)15-21/h1-13,15-16,23-26,28-30H,14,17,27H2/t23?,24-,25?,26-/m0/s1. The summed E-state index contributed by atoms with van der Waals surface area (Å²) in [5.41, 5.74) is 9.05. The lowest BCUT2D eigenvalue weighted by Crippen LogP contribution is -2.37. The highest BCUT2D eigenvalue weighted by Gasteiger charge is 2.20. The molecule has 154 valence electrons. The first-order chi connectivity index (χ1) is 14.6. The molecule has 0 saturated carbocycles. The van der Waals surface area contributed by atoms with E-state index in [4.69, 9.17) is 5.73 Å². The lowest BCUT2D eigenvalue weighted by atomic mass is 9.95. The van der Waals surface area contributed by atoms with Gasteiger partial charge in [0.1, 0.15) is 0 Å². The van der Waals surface area contributed by atoms with Crippen LogP contribution in [0.25, 0.3) is 10.8 Å². The zero-order valence-corrected chi connectivity index (χ0v) is 16.9. The van der Waals surface area contributed by atoms with Crippen LogP contribution in [0.3, 0.4) is 0 Å². The van der Waals surface area contributed by atoms with E-state index in [2.05, 4.69) is 53.8 Å². The Labute approximate surface area is 177 Å². The number of rotatable bonds is 7. The minimum absolute atomic E-state index is 0.0547. The highest BCUT2D eigenvalue weighted by molar-refractivity contribution is 5.83. The van der Waals surface area contributed by atoms with Gasteiger partial charge in [-0.1, -0.05) is 85.0 Å². The minimum Gasteiger partial charge on any atom is -0.387 e. The molecule has 5 N–H and O–H groups in total. The molecule has 2 unspecified atom stereocenters. The smallest absolute Gasteiger partial charge is 0.0912 e.